The summed E-state index contributed by atoms with van der Waals surface area (Å²) in [5, 5.41) is 0. The lowest BCUT2D eigenvalue weighted by atomic mass is 10.0. The highest BCUT2D eigenvalue weighted by Crippen LogP contribution is 2.38. The predicted octanol–water partition coefficient (Wildman–Crippen LogP) is 18.7. The SMILES string of the molecule is CCCCCCC/C=C\C/C=C\CCCCCCCCCCCCCC(=O)OC(COC(=O)CCCCCCCCCCCCCCCCCCCCCCCCCCC)COP(=O)([O-])OCC[N+](C)(C)C. The Morgan fingerprint density at radius 1 is 0.431 bits per heavy atom. The Labute approximate surface area is 447 Å². The third-order valence-corrected chi connectivity index (χ3v) is 14.9. The molecule has 2 atom stereocenters. The molecule has 0 saturated heterocycles. The van der Waals surface area contributed by atoms with Crippen molar-refractivity contribution in [3.05, 3.63) is 24.3 Å². The van der Waals surface area contributed by atoms with Crippen molar-refractivity contribution in [3.8, 4) is 0 Å². The van der Waals surface area contributed by atoms with Crippen molar-refractivity contribution in [2.24, 2.45) is 0 Å². The number of rotatable bonds is 58. The smallest absolute Gasteiger partial charge is 0.306 e. The number of ether oxygens (including phenoxy) is 2. The molecule has 72 heavy (non-hydrogen) atoms. The third kappa shape index (κ3) is 57.8. The largest absolute Gasteiger partial charge is 0.756 e. The fraction of sp³-hybridized carbons (Fsp3) is 0.903. The minimum atomic E-state index is -4.63. The number of carbonyl (C=O) groups excluding carboxylic acids is 2. The van der Waals surface area contributed by atoms with Crippen LogP contribution in [0.25, 0.3) is 0 Å². The second-order valence-corrected chi connectivity index (χ2v) is 23.8. The van der Waals surface area contributed by atoms with E-state index in [0.29, 0.717) is 17.4 Å². The van der Waals surface area contributed by atoms with Gasteiger partial charge in [0.25, 0.3) is 7.82 Å². The number of quaternary nitrogens is 1. The van der Waals surface area contributed by atoms with Crippen LogP contribution in [0.2, 0.25) is 0 Å². The van der Waals surface area contributed by atoms with Gasteiger partial charge in [-0.1, -0.05) is 276 Å². The molecule has 0 aromatic heterocycles. The molecule has 0 rings (SSSR count). The second-order valence-electron chi connectivity index (χ2n) is 22.4. The summed E-state index contributed by atoms with van der Waals surface area (Å²) in [5.41, 5.74) is 0. The standard InChI is InChI=1S/C62H120NO8P/c1-6-8-10-12-14-16-18-20-22-24-26-28-30-31-33-34-36-38-40-42-44-46-48-50-52-54-61(64)68-58-60(59-70-72(66,67)69-57-56-63(3,4)5)71-62(65)55-53-51-49-47-45-43-41-39-37-35-32-29-27-25-23-21-19-17-15-13-11-9-7-2/h19,21,25,27,60H,6-18,20,22-24,26,28-59H2,1-5H3/b21-19-,27-25-. The van der Waals surface area contributed by atoms with E-state index >= 15 is 0 Å². The molecule has 0 bridgehead atoms. The van der Waals surface area contributed by atoms with Crippen molar-refractivity contribution >= 4 is 19.8 Å². The highest BCUT2D eigenvalue weighted by Gasteiger charge is 2.22. The molecule has 0 aliphatic carbocycles. The number of hydrogen-bond donors (Lipinski definition) is 0. The molecule has 10 heteroatoms. The molecule has 0 saturated carbocycles. The Kier molecular flexibility index (Phi) is 53.1. The van der Waals surface area contributed by atoms with Gasteiger partial charge in [-0.15, -0.1) is 0 Å². The maximum atomic E-state index is 12.8. The van der Waals surface area contributed by atoms with Gasteiger partial charge >= 0.3 is 11.9 Å². The molecule has 0 aliphatic heterocycles. The lowest BCUT2D eigenvalue weighted by molar-refractivity contribution is -0.870. The van der Waals surface area contributed by atoms with Gasteiger partial charge in [-0.25, -0.2) is 0 Å². The van der Waals surface area contributed by atoms with Gasteiger partial charge in [0.05, 0.1) is 27.7 Å². The summed E-state index contributed by atoms with van der Waals surface area (Å²) in [6.45, 7) is 4.29. The number of phosphoric acid groups is 1. The number of esters is 2. The zero-order valence-corrected chi connectivity index (χ0v) is 49.3. The van der Waals surface area contributed by atoms with Crippen LogP contribution in [0.4, 0.5) is 0 Å². The maximum absolute atomic E-state index is 12.8. The van der Waals surface area contributed by atoms with Gasteiger partial charge < -0.3 is 27.9 Å². The van der Waals surface area contributed by atoms with E-state index < -0.39 is 26.5 Å². The molecule has 0 amide bonds. The molecule has 2 unspecified atom stereocenters. The minimum Gasteiger partial charge on any atom is -0.756 e. The van der Waals surface area contributed by atoms with E-state index in [2.05, 4.69) is 38.2 Å². The van der Waals surface area contributed by atoms with E-state index in [1.54, 1.807) is 0 Å². The summed E-state index contributed by atoms with van der Waals surface area (Å²) < 4.78 is 34.2. The van der Waals surface area contributed by atoms with Crippen LogP contribution in [-0.4, -0.2) is 70.0 Å². The number of nitrogens with zero attached hydrogens (tertiary/aromatic N) is 1. The van der Waals surface area contributed by atoms with Crippen molar-refractivity contribution in [1.29, 1.82) is 0 Å². The lowest BCUT2D eigenvalue weighted by Crippen LogP contribution is -2.37. The summed E-state index contributed by atoms with van der Waals surface area (Å²) in [5.74, 6) is -0.817. The number of likely N-dealkylation sites (N-methyl/N-ethyl adjacent to an activating group) is 1. The predicted molar refractivity (Wildman–Crippen MR) is 305 cm³/mol. The van der Waals surface area contributed by atoms with E-state index in [-0.39, 0.29) is 32.0 Å². The Morgan fingerprint density at radius 2 is 0.750 bits per heavy atom. The van der Waals surface area contributed by atoms with E-state index in [1.807, 2.05) is 21.1 Å². The van der Waals surface area contributed by atoms with Gasteiger partial charge in [0.2, 0.25) is 0 Å². The fourth-order valence-corrected chi connectivity index (χ4v) is 9.89. The molecular formula is C62H120NO8P. The zero-order valence-electron chi connectivity index (χ0n) is 48.4. The van der Waals surface area contributed by atoms with Crippen LogP contribution in [0.5, 0.6) is 0 Å². The van der Waals surface area contributed by atoms with Gasteiger partial charge in [-0.2, -0.15) is 0 Å². The van der Waals surface area contributed by atoms with E-state index in [0.717, 1.165) is 44.9 Å². The first kappa shape index (κ1) is 70.5. The van der Waals surface area contributed by atoms with Crippen LogP contribution in [0.3, 0.4) is 0 Å². The van der Waals surface area contributed by atoms with Gasteiger partial charge in [0.15, 0.2) is 6.10 Å². The summed E-state index contributed by atoms with van der Waals surface area (Å²) >= 11 is 0. The maximum Gasteiger partial charge on any atom is 0.306 e. The first-order chi connectivity index (χ1) is 35.0. The number of phosphoric ester groups is 1. The molecule has 0 N–H and O–H groups in total. The molecule has 0 aromatic carbocycles. The van der Waals surface area contributed by atoms with Crippen LogP contribution in [0, 0.1) is 0 Å². The number of allylic oxidation sites excluding steroid dienone is 4. The third-order valence-electron chi connectivity index (χ3n) is 14.0. The van der Waals surface area contributed by atoms with Gasteiger partial charge in [0.1, 0.15) is 19.8 Å². The van der Waals surface area contributed by atoms with Gasteiger partial charge in [-0.3, -0.25) is 14.2 Å². The van der Waals surface area contributed by atoms with E-state index in [4.69, 9.17) is 18.5 Å². The minimum absolute atomic E-state index is 0.0285. The molecule has 0 heterocycles. The topological polar surface area (TPSA) is 111 Å². The average Bonchev–Trinajstić information content (AvgIpc) is 3.34. The summed E-state index contributed by atoms with van der Waals surface area (Å²) in [7, 11) is 1.18. The van der Waals surface area contributed by atoms with Gasteiger partial charge in [-0.05, 0) is 44.9 Å². The molecule has 0 aromatic rings. The first-order valence-corrected chi connectivity index (χ1v) is 32.5. The Balaban J connectivity index is 4.09. The molecule has 9 nitrogen and oxygen atoms in total. The molecule has 426 valence electrons. The van der Waals surface area contributed by atoms with Crippen molar-refractivity contribution in [2.45, 2.75) is 315 Å². The van der Waals surface area contributed by atoms with Crippen molar-refractivity contribution in [3.63, 3.8) is 0 Å². The fourth-order valence-electron chi connectivity index (χ4n) is 9.16. The molecule has 0 radical (unpaired) electrons. The van der Waals surface area contributed by atoms with Crippen molar-refractivity contribution in [2.75, 3.05) is 47.5 Å². The zero-order chi connectivity index (χ0) is 52.7. The molecule has 0 spiro atoms. The molecule has 0 aliphatic rings. The highest BCUT2D eigenvalue weighted by molar-refractivity contribution is 7.45. The number of hydrogen-bond acceptors (Lipinski definition) is 8. The Hall–Kier alpha value is -1.51. The van der Waals surface area contributed by atoms with Crippen LogP contribution in [-0.2, 0) is 32.7 Å². The van der Waals surface area contributed by atoms with Crippen molar-refractivity contribution < 1.29 is 42.1 Å². The number of unbranched alkanes of at least 4 members (excludes halogenated alkanes) is 40. The summed E-state index contributed by atoms with van der Waals surface area (Å²) in [6.07, 6.45) is 65.2. The molecule has 0 fully saturated rings. The number of carbonyl (C=O) groups is 2. The van der Waals surface area contributed by atoms with Crippen LogP contribution in [0.1, 0.15) is 309 Å². The monoisotopic (exact) mass is 1040 g/mol. The van der Waals surface area contributed by atoms with E-state index in [1.165, 1.54) is 231 Å². The molecular weight excluding hydrogens is 918 g/mol. The Bertz CT molecular complexity index is 1270. The second kappa shape index (κ2) is 54.3. The van der Waals surface area contributed by atoms with Crippen LogP contribution < -0.4 is 4.89 Å². The van der Waals surface area contributed by atoms with Gasteiger partial charge in [0, 0.05) is 12.8 Å². The Morgan fingerprint density at radius 3 is 1.10 bits per heavy atom. The van der Waals surface area contributed by atoms with Crippen molar-refractivity contribution in [1.82, 2.24) is 0 Å². The average molecular weight is 1040 g/mol. The summed E-state index contributed by atoms with van der Waals surface area (Å²) in [6, 6.07) is 0. The van der Waals surface area contributed by atoms with Crippen LogP contribution >= 0.6 is 7.82 Å². The normalized spacial score (nSPS) is 13.4. The summed E-state index contributed by atoms with van der Waals surface area (Å²) in [4.78, 5) is 37.9. The van der Waals surface area contributed by atoms with E-state index in [9.17, 15) is 19.0 Å². The quantitative estimate of drug-likeness (QED) is 0.0195. The lowest BCUT2D eigenvalue weighted by Gasteiger charge is -2.28. The van der Waals surface area contributed by atoms with Crippen LogP contribution in [0.15, 0.2) is 24.3 Å². The highest BCUT2D eigenvalue weighted by atomic mass is 31.2. The first-order valence-electron chi connectivity index (χ1n) is 31.0.